The van der Waals surface area contributed by atoms with Crippen LogP contribution in [0.5, 0.6) is 0 Å². The maximum absolute atomic E-state index is 12.2. The van der Waals surface area contributed by atoms with E-state index in [1.807, 2.05) is 4.90 Å². The molecule has 1 aliphatic rings. The number of aryl methyl sites for hydroxylation is 1. The minimum absolute atomic E-state index is 0.0270. The number of β-amino-alcohol motifs (C(OH)–C–C–N with tert-alkyl or cyclic N) is 1. The van der Waals surface area contributed by atoms with E-state index in [0.717, 1.165) is 24.6 Å². The van der Waals surface area contributed by atoms with Crippen molar-refractivity contribution < 1.29 is 9.90 Å². The summed E-state index contributed by atoms with van der Waals surface area (Å²) < 4.78 is 3.79. The molecule has 1 N–H and O–H groups in total. The van der Waals surface area contributed by atoms with E-state index in [-0.39, 0.29) is 12.0 Å². The fourth-order valence-corrected chi connectivity index (χ4v) is 2.70. The minimum Gasteiger partial charge on any atom is -0.392 e. The molecule has 0 aromatic carbocycles. The molecule has 1 aliphatic heterocycles. The maximum atomic E-state index is 12.2. The van der Waals surface area contributed by atoms with Crippen LogP contribution in [-0.2, 0) is 0 Å². The third kappa shape index (κ3) is 3.04. The zero-order valence-electron chi connectivity index (χ0n) is 10.7. The van der Waals surface area contributed by atoms with Gasteiger partial charge in [-0.2, -0.15) is 0 Å². The second kappa shape index (κ2) is 5.73. The van der Waals surface area contributed by atoms with Crippen molar-refractivity contribution in [3.63, 3.8) is 0 Å². The summed E-state index contributed by atoms with van der Waals surface area (Å²) in [6.07, 6.45) is -0.319. The Morgan fingerprint density at radius 2 is 2.11 bits per heavy atom. The number of hydrogen-bond acceptors (Lipinski definition) is 6. The first kappa shape index (κ1) is 13.4. The van der Waals surface area contributed by atoms with E-state index in [4.69, 9.17) is 0 Å². The highest BCUT2D eigenvalue weighted by atomic mass is 32.1. The van der Waals surface area contributed by atoms with Crippen LogP contribution in [0.1, 0.15) is 22.3 Å². The van der Waals surface area contributed by atoms with Crippen LogP contribution in [0.25, 0.3) is 0 Å². The van der Waals surface area contributed by atoms with Gasteiger partial charge in [0.05, 0.1) is 11.8 Å². The van der Waals surface area contributed by atoms with Crippen molar-refractivity contribution in [2.45, 2.75) is 20.0 Å². The predicted molar refractivity (Wildman–Crippen MR) is 68.7 cm³/mol. The highest BCUT2D eigenvalue weighted by Gasteiger charge is 2.25. The molecule has 0 aliphatic carbocycles. The SMILES string of the molecule is Cc1nnsc1C(=O)N1CCN(CC(C)O)CC1. The number of hydrogen-bond donors (Lipinski definition) is 1. The van der Waals surface area contributed by atoms with Crippen molar-refractivity contribution in [1.29, 1.82) is 0 Å². The Kier molecular flexibility index (Phi) is 4.26. The molecular weight excluding hydrogens is 252 g/mol. The van der Waals surface area contributed by atoms with Gasteiger partial charge in [-0.3, -0.25) is 9.69 Å². The zero-order chi connectivity index (χ0) is 13.1. The third-order valence-electron chi connectivity index (χ3n) is 3.03. The van der Waals surface area contributed by atoms with Gasteiger partial charge in [-0.25, -0.2) is 0 Å². The topological polar surface area (TPSA) is 69.6 Å². The quantitative estimate of drug-likeness (QED) is 0.836. The van der Waals surface area contributed by atoms with Crippen molar-refractivity contribution >= 4 is 17.4 Å². The standard InChI is InChI=1S/C11H18N4O2S/c1-8(16)7-14-3-5-15(6-4-14)11(17)10-9(2)12-13-18-10/h8,16H,3-7H2,1-2H3. The van der Waals surface area contributed by atoms with Gasteiger partial charge in [0, 0.05) is 32.7 Å². The van der Waals surface area contributed by atoms with Crippen LogP contribution >= 0.6 is 11.5 Å². The molecule has 1 aromatic rings. The fourth-order valence-electron chi connectivity index (χ4n) is 2.08. The normalized spacial score (nSPS) is 18.9. The molecule has 0 radical (unpaired) electrons. The highest BCUT2D eigenvalue weighted by molar-refractivity contribution is 7.07. The van der Waals surface area contributed by atoms with Crippen LogP contribution in [0.15, 0.2) is 0 Å². The molecule has 7 heteroatoms. The van der Waals surface area contributed by atoms with Gasteiger partial charge < -0.3 is 10.0 Å². The molecule has 18 heavy (non-hydrogen) atoms. The van der Waals surface area contributed by atoms with Crippen molar-refractivity contribution in [3.05, 3.63) is 10.6 Å². The average Bonchev–Trinajstić information content (AvgIpc) is 2.75. The van der Waals surface area contributed by atoms with Gasteiger partial charge >= 0.3 is 0 Å². The maximum Gasteiger partial charge on any atom is 0.267 e. The molecule has 1 amide bonds. The molecule has 1 saturated heterocycles. The molecule has 0 bridgehead atoms. The molecule has 1 unspecified atom stereocenters. The Bertz CT molecular complexity index is 413. The van der Waals surface area contributed by atoms with Gasteiger partial charge in [-0.05, 0) is 25.4 Å². The molecule has 0 spiro atoms. The van der Waals surface area contributed by atoms with Gasteiger partial charge in [0.2, 0.25) is 0 Å². The van der Waals surface area contributed by atoms with Crippen molar-refractivity contribution in [3.8, 4) is 0 Å². The van der Waals surface area contributed by atoms with E-state index in [1.54, 1.807) is 13.8 Å². The average molecular weight is 270 g/mol. The van der Waals surface area contributed by atoms with E-state index in [9.17, 15) is 9.90 Å². The summed E-state index contributed by atoms with van der Waals surface area (Å²) in [5.41, 5.74) is 0.705. The number of rotatable bonds is 3. The van der Waals surface area contributed by atoms with Crippen LogP contribution in [0.2, 0.25) is 0 Å². The lowest BCUT2D eigenvalue weighted by Crippen LogP contribution is -2.50. The fraction of sp³-hybridized carbons (Fsp3) is 0.727. The van der Waals surface area contributed by atoms with E-state index in [2.05, 4.69) is 14.5 Å². The highest BCUT2D eigenvalue weighted by Crippen LogP contribution is 2.14. The van der Waals surface area contributed by atoms with Gasteiger partial charge in [0.15, 0.2) is 0 Å². The van der Waals surface area contributed by atoms with E-state index >= 15 is 0 Å². The molecule has 1 fully saturated rings. The Balaban J connectivity index is 1.90. The first-order valence-electron chi connectivity index (χ1n) is 6.06. The van der Waals surface area contributed by atoms with Crippen molar-refractivity contribution in [1.82, 2.24) is 19.4 Å². The molecule has 2 rings (SSSR count). The van der Waals surface area contributed by atoms with Gasteiger partial charge in [-0.1, -0.05) is 4.49 Å². The lowest BCUT2D eigenvalue weighted by Gasteiger charge is -2.35. The number of carbonyl (C=O) groups excluding carboxylic acids is 1. The number of aliphatic hydroxyl groups is 1. The smallest absolute Gasteiger partial charge is 0.267 e. The second-order valence-electron chi connectivity index (χ2n) is 4.63. The lowest BCUT2D eigenvalue weighted by atomic mass is 10.2. The van der Waals surface area contributed by atoms with Crippen LogP contribution in [0.3, 0.4) is 0 Å². The number of piperazine rings is 1. The number of amides is 1. The summed E-state index contributed by atoms with van der Waals surface area (Å²) in [6.45, 7) is 7.27. The van der Waals surface area contributed by atoms with Gasteiger partial charge in [0.25, 0.3) is 5.91 Å². The number of aromatic nitrogens is 2. The van der Waals surface area contributed by atoms with Crippen LogP contribution in [0.4, 0.5) is 0 Å². The Morgan fingerprint density at radius 3 is 2.61 bits per heavy atom. The Hall–Kier alpha value is -1.05. The zero-order valence-corrected chi connectivity index (χ0v) is 11.5. The summed E-state index contributed by atoms with van der Waals surface area (Å²) in [5.74, 6) is 0.0270. The van der Waals surface area contributed by atoms with E-state index < -0.39 is 0 Å². The molecule has 6 nitrogen and oxygen atoms in total. The molecule has 2 heterocycles. The summed E-state index contributed by atoms with van der Waals surface area (Å²) >= 11 is 1.16. The predicted octanol–water partition coefficient (Wildman–Crippen LogP) is -0.0149. The van der Waals surface area contributed by atoms with Gasteiger partial charge in [-0.15, -0.1) is 5.10 Å². The number of carbonyl (C=O) groups is 1. The van der Waals surface area contributed by atoms with E-state index in [0.29, 0.717) is 30.2 Å². The van der Waals surface area contributed by atoms with Gasteiger partial charge in [0.1, 0.15) is 4.88 Å². The Morgan fingerprint density at radius 1 is 1.44 bits per heavy atom. The Labute approximate surface area is 110 Å². The number of aliphatic hydroxyl groups excluding tert-OH is 1. The first-order valence-corrected chi connectivity index (χ1v) is 6.84. The van der Waals surface area contributed by atoms with Crippen LogP contribution in [-0.4, -0.2) is 69.2 Å². The summed E-state index contributed by atoms with van der Waals surface area (Å²) in [6, 6.07) is 0. The third-order valence-corrected chi connectivity index (χ3v) is 3.84. The number of nitrogens with zero attached hydrogens (tertiary/aromatic N) is 4. The molecule has 0 saturated carbocycles. The minimum atomic E-state index is -0.319. The first-order chi connectivity index (χ1) is 8.58. The molecular formula is C11H18N4O2S. The second-order valence-corrected chi connectivity index (χ2v) is 5.38. The molecule has 1 atom stereocenters. The molecule has 1 aromatic heterocycles. The summed E-state index contributed by atoms with van der Waals surface area (Å²) in [4.78, 5) is 16.8. The monoisotopic (exact) mass is 270 g/mol. The van der Waals surface area contributed by atoms with Crippen molar-refractivity contribution in [2.24, 2.45) is 0 Å². The largest absolute Gasteiger partial charge is 0.392 e. The van der Waals surface area contributed by atoms with Crippen LogP contribution < -0.4 is 0 Å². The summed E-state index contributed by atoms with van der Waals surface area (Å²) in [7, 11) is 0. The van der Waals surface area contributed by atoms with Crippen molar-refractivity contribution in [2.75, 3.05) is 32.7 Å². The lowest BCUT2D eigenvalue weighted by molar-refractivity contribution is 0.0557. The molecule has 100 valence electrons. The van der Waals surface area contributed by atoms with E-state index in [1.165, 1.54) is 0 Å². The van der Waals surface area contributed by atoms with Crippen LogP contribution in [0, 0.1) is 6.92 Å². The summed E-state index contributed by atoms with van der Waals surface area (Å²) in [5, 5.41) is 13.2.